The van der Waals surface area contributed by atoms with Crippen molar-refractivity contribution in [2.75, 3.05) is 82.2 Å². The van der Waals surface area contributed by atoms with Gasteiger partial charge in [0.2, 0.25) is 5.78 Å². The van der Waals surface area contributed by atoms with Crippen LogP contribution in [0.5, 0.6) is 34.5 Å². The zero-order valence-electron chi connectivity index (χ0n) is 38.7. The first-order valence-electron chi connectivity index (χ1n) is 21.9. The SMILES string of the molecule is CCN(CCOc1ccc(N=CC=S)cc1)C(=O)OC(C)(C)C.CCNCCOc1ccc(Nc2nc(N)c(C(=O)c3ccc4c(c3)OCCO4)s2)cc1.O=C(CBr)c1ccc2c(c1)OCCO2. The summed E-state index contributed by atoms with van der Waals surface area (Å²) in [6, 6.07) is 25.3. The van der Waals surface area contributed by atoms with Crippen LogP contribution in [-0.4, -0.2) is 116 Å². The smallest absolute Gasteiger partial charge is 0.410 e. The number of ether oxygens (including phenoxy) is 7. The molecule has 0 saturated heterocycles. The molecular weight excluding hydrogens is 977 g/mol. The molecule has 1 aromatic heterocycles. The van der Waals surface area contributed by atoms with Gasteiger partial charge in [0.1, 0.15) is 67.4 Å². The molecule has 2 aliphatic rings. The summed E-state index contributed by atoms with van der Waals surface area (Å²) < 4.78 is 38.4. The van der Waals surface area contributed by atoms with E-state index in [9.17, 15) is 14.4 Å². The van der Waals surface area contributed by atoms with Crippen molar-refractivity contribution in [3.8, 4) is 34.5 Å². The van der Waals surface area contributed by atoms with E-state index in [1.54, 1.807) is 47.5 Å². The molecule has 0 saturated carbocycles. The van der Waals surface area contributed by atoms with Crippen molar-refractivity contribution in [1.82, 2.24) is 15.2 Å². The van der Waals surface area contributed by atoms with Crippen LogP contribution in [0.3, 0.4) is 0 Å². The number of fused-ring (bicyclic) bond motifs is 2. The number of aromatic nitrogens is 1. The summed E-state index contributed by atoms with van der Waals surface area (Å²) in [6.07, 6.45) is 1.24. The number of Topliss-reactive ketones (excluding diaryl/α,β-unsaturated/α-hetero) is 1. The van der Waals surface area contributed by atoms with Gasteiger partial charge in [-0.05, 0) is 119 Å². The molecule has 0 fully saturated rings. The van der Waals surface area contributed by atoms with E-state index in [0.717, 1.165) is 36.0 Å². The molecule has 0 bridgehead atoms. The van der Waals surface area contributed by atoms with Gasteiger partial charge in [0.15, 0.2) is 33.9 Å². The highest BCUT2D eigenvalue weighted by molar-refractivity contribution is 9.09. The number of halogens is 1. The second-order valence-corrected chi connectivity index (χ2v) is 17.3. The molecule has 1 amide bonds. The summed E-state index contributed by atoms with van der Waals surface area (Å²) in [5.41, 5.74) is 8.29. The molecule has 2 aliphatic heterocycles. The fourth-order valence-electron chi connectivity index (χ4n) is 6.06. The van der Waals surface area contributed by atoms with Gasteiger partial charge in [-0.15, -0.1) is 0 Å². The second-order valence-electron chi connectivity index (χ2n) is 15.5. The number of alkyl halides is 1. The number of likely N-dealkylation sites (N-methyl/N-ethyl adjacent to an activating group) is 2. The number of carbonyl (C=O) groups excluding carboxylic acids is 3. The monoisotopic (exact) mass is 1030 g/mol. The quantitative estimate of drug-likeness (QED) is 0.0247. The first-order chi connectivity index (χ1) is 32.8. The third-order valence-electron chi connectivity index (χ3n) is 9.34. The number of rotatable bonds is 18. The van der Waals surface area contributed by atoms with Gasteiger partial charge in [-0.2, -0.15) is 0 Å². The summed E-state index contributed by atoms with van der Waals surface area (Å²) in [5.74, 6) is 4.11. The van der Waals surface area contributed by atoms with Gasteiger partial charge in [0.25, 0.3) is 0 Å². The van der Waals surface area contributed by atoms with E-state index in [0.29, 0.717) is 102 Å². The lowest BCUT2D eigenvalue weighted by molar-refractivity contribution is 0.0237. The van der Waals surface area contributed by atoms with Crippen LogP contribution in [-0.2, 0) is 4.74 Å². The van der Waals surface area contributed by atoms with E-state index in [1.165, 1.54) is 16.7 Å². The summed E-state index contributed by atoms with van der Waals surface area (Å²) in [4.78, 5) is 46.7. The number of nitrogens with zero attached hydrogens (tertiary/aromatic N) is 3. The average molecular weight is 1030 g/mol. The highest BCUT2D eigenvalue weighted by Gasteiger charge is 2.23. The average Bonchev–Trinajstić information content (AvgIpc) is 3.72. The lowest BCUT2D eigenvalue weighted by Gasteiger charge is -2.26. The lowest BCUT2D eigenvalue weighted by atomic mass is 10.1. The number of hydrogen-bond acceptors (Lipinski definition) is 17. The maximum Gasteiger partial charge on any atom is 0.410 e. The molecule has 4 aromatic carbocycles. The van der Waals surface area contributed by atoms with Gasteiger partial charge in [0, 0.05) is 41.5 Å². The molecule has 5 aromatic rings. The zero-order valence-corrected chi connectivity index (χ0v) is 41.9. The van der Waals surface area contributed by atoms with Gasteiger partial charge in [-0.1, -0.05) is 46.4 Å². The molecule has 0 unspecified atom stereocenters. The molecule has 7 rings (SSSR count). The fourth-order valence-corrected chi connectivity index (χ4v) is 7.31. The molecule has 0 aliphatic carbocycles. The molecule has 0 atom stereocenters. The number of benzene rings is 4. The summed E-state index contributed by atoms with van der Waals surface area (Å²) in [5, 5.41) is 8.72. The predicted molar refractivity (Wildman–Crippen MR) is 274 cm³/mol. The molecular formula is C49H57BrN6O10S2. The van der Waals surface area contributed by atoms with Crippen LogP contribution in [0.4, 0.5) is 27.1 Å². The van der Waals surface area contributed by atoms with E-state index in [-0.39, 0.29) is 23.5 Å². The van der Waals surface area contributed by atoms with E-state index < -0.39 is 5.60 Å². The van der Waals surface area contributed by atoms with Crippen LogP contribution in [0.1, 0.15) is 60.2 Å². The van der Waals surface area contributed by atoms with Crippen molar-refractivity contribution >= 4 is 91.1 Å². The Morgan fingerprint density at radius 1 is 0.838 bits per heavy atom. The van der Waals surface area contributed by atoms with Crippen molar-refractivity contribution < 1.29 is 47.5 Å². The Morgan fingerprint density at radius 2 is 1.41 bits per heavy atom. The van der Waals surface area contributed by atoms with Crippen LogP contribution >= 0.6 is 39.5 Å². The van der Waals surface area contributed by atoms with Gasteiger partial charge >= 0.3 is 6.09 Å². The van der Waals surface area contributed by atoms with Crippen LogP contribution in [0, 0.1) is 0 Å². The summed E-state index contributed by atoms with van der Waals surface area (Å²) >= 11 is 9.02. The third kappa shape index (κ3) is 16.8. The number of carbonyl (C=O) groups is 3. The number of aliphatic imine (C=N–C) groups is 1. The Hall–Kier alpha value is -6.28. The second kappa shape index (κ2) is 26.9. The van der Waals surface area contributed by atoms with Crippen LogP contribution < -0.4 is 44.8 Å². The highest BCUT2D eigenvalue weighted by atomic mass is 79.9. The Bertz CT molecular complexity index is 2460. The fraction of sp³-hybridized carbons (Fsp3) is 0.347. The molecule has 4 N–H and O–H groups in total. The van der Waals surface area contributed by atoms with Gasteiger partial charge in [-0.25, -0.2) is 9.78 Å². The van der Waals surface area contributed by atoms with E-state index in [4.69, 9.17) is 38.9 Å². The number of thiocarbonyl (C=S) groups is 1. The zero-order chi connectivity index (χ0) is 48.9. The van der Waals surface area contributed by atoms with Crippen molar-refractivity contribution in [1.29, 1.82) is 0 Å². The van der Waals surface area contributed by atoms with Crippen molar-refractivity contribution in [3.63, 3.8) is 0 Å². The van der Waals surface area contributed by atoms with E-state index in [2.05, 4.69) is 55.7 Å². The number of nitrogens with one attached hydrogen (secondary N) is 2. The first-order valence-corrected chi connectivity index (χ1v) is 24.3. The molecule has 362 valence electrons. The Balaban J connectivity index is 0.000000205. The highest BCUT2D eigenvalue weighted by Crippen LogP contribution is 2.35. The van der Waals surface area contributed by atoms with Crippen LogP contribution in [0.2, 0.25) is 0 Å². The molecule has 68 heavy (non-hydrogen) atoms. The largest absolute Gasteiger partial charge is 0.492 e. The normalized spacial score (nSPS) is 12.3. The predicted octanol–water partition coefficient (Wildman–Crippen LogP) is 9.52. The summed E-state index contributed by atoms with van der Waals surface area (Å²) in [6.45, 7) is 15.4. The molecule has 0 radical (unpaired) electrons. The van der Waals surface area contributed by atoms with E-state index >= 15 is 0 Å². The molecule has 19 heteroatoms. The first kappa shape index (κ1) is 52.7. The minimum Gasteiger partial charge on any atom is -0.492 e. The Kier molecular flexibility index (Phi) is 20.8. The van der Waals surface area contributed by atoms with Crippen molar-refractivity contribution in [2.45, 2.75) is 40.2 Å². The number of ketones is 2. The topological polar surface area (TPSA) is 194 Å². The molecule has 0 spiro atoms. The summed E-state index contributed by atoms with van der Waals surface area (Å²) in [7, 11) is 0. The lowest BCUT2D eigenvalue weighted by Crippen LogP contribution is -2.38. The Morgan fingerprint density at radius 3 is 1.99 bits per heavy atom. The van der Waals surface area contributed by atoms with Gasteiger partial charge < -0.3 is 54.4 Å². The molecule has 16 nitrogen and oxygen atoms in total. The third-order valence-corrected chi connectivity index (χ3v) is 11.0. The minimum atomic E-state index is -0.496. The van der Waals surface area contributed by atoms with Crippen LogP contribution in [0.15, 0.2) is 89.9 Å². The number of nitrogens with two attached hydrogens (primary N) is 1. The number of amides is 1. The maximum atomic E-state index is 13.0. The van der Waals surface area contributed by atoms with Crippen LogP contribution in [0.25, 0.3) is 0 Å². The number of hydrogen-bond donors (Lipinski definition) is 3. The van der Waals surface area contributed by atoms with Crippen molar-refractivity contribution in [3.05, 3.63) is 101 Å². The van der Waals surface area contributed by atoms with Crippen molar-refractivity contribution in [2.24, 2.45) is 4.99 Å². The Labute approximate surface area is 414 Å². The van der Waals surface area contributed by atoms with Gasteiger partial charge in [-0.3, -0.25) is 14.6 Å². The minimum absolute atomic E-state index is 0.0435. The standard InChI is InChI=1S/C22H24N4O4S.C17H24N2O3S.C10H9BrO3/c1-2-24-9-10-28-16-6-4-15(5-7-16)25-22-26-21(23)20(31-22)19(27)14-3-8-17-18(13-14)30-12-11-29-17;1-5-19(16(20)22-17(2,3)4)11-12-21-15-8-6-14(7-9-15)18-10-13-23;11-6-8(12)7-1-2-9-10(5-7)14-4-3-13-9/h3-8,13,24H,2,9-12,23H2,1H3,(H,25,26);6-10,13H,5,11-12H2,1-4H3;1-2,5H,3-4,6H2. The molecule has 3 heterocycles. The number of thiazole rings is 1. The maximum absolute atomic E-state index is 13.0. The van der Waals surface area contributed by atoms with Gasteiger partial charge in [0.05, 0.1) is 17.6 Å². The number of anilines is 3. The van der Waals surface area contributed by atoms with E-state index in [1.807, 2.05) is 76.2 Å². The number of nitrogen functional groups attached to an aromatic ring is 1.